The van der Waals surface area contributed by atoms with Crippen LogP contribution >= 0.6 is 15.9 Å². The number of rotatable bonds is 1. The topological polar surface area (TPSA) is 17.8 Å². The number of alkyl halides is 2. The highest BCUT2D eigenvalue weighted by Crippen LogP contribution is 2.18. The van der Waals surface area contributed by atoms with E-state index in [2.05, 4.69) is 20.9 Å². The van der Waals surface area contributed by atoms with E-state index < -0.39 is 19.2 Å². The highest BCUT2D eigenvalue weighted by molar-refractivity contribution is 9.10. The lowest BCUT2D eigenvalue weighted by molar-refractivity contribution is 0.136. The first-order valence-electron chi connectivity index (χ1n) is 3.86. The molecule has 0 saturated carbocycles. The molecule has 0 amide bonds. The minimum Gasteiger partial charge on any atom is -0.332 e. The molecule has 0 bridgehead atoms. The van der Waals surface area contributed by atoms with Gasteiger partial charge >= 0.3 is 0 Å². The monoisotopic (exact) mass is 213 g/mol. The van der Waals surface area contributed by atoms with Gasteiger partial charge in [-0.2, -0.15) is 0 Å². The Morgan fingerprint density at radius 2 is 2.60 bits per heavy atom. The van der Waals surface area contributed by atoms with Crippen molar-refractivity contribution in [2.45, 2.75) is 6.43 Å². The molecule has 0 aliphatic rings. The molecule has 1 rings (SSSR count). The fourth-order valence-electron chi connectivity index (χ4n) is 0.519. The van der Waals surface area contributed by atoms with Crippen LogP contribution in [-0.4, -0.2) is 9.55 Å². The summed E-state index contributed by atoms with van der Waals surface area (Å²) in [7, 11) is 0. The van der Waals surface area contributed by atoms with E-state index in [1.54, 1.807) is 0 Å². The van der Waals surface area contributed by atoms with Crippen molar-refractivity contribution >= 4 is 15.9 Å². The number of hydrogen-bond donors (Lipinski definition) is 0. The Labute approximate surface area is 69.2 Å². The zero-order valence-electron chi connectivity index (χ0n) is 7.68. The quantitative estimate of drug-likeness (QED) is 0.699. The van der Waals surface area contributed by atoms with Crippen LogP contribution in [0.1, 0.15) is 16.4 Å². The van der Waals surface area contributed by atoms with E-state index in [9.17, 15) is 8.78 Å². The molecule has 0 spiro atoms. The molecule has 0 aromatic carbocycles. The van der Waals surface area contributed by atoms with Gasteiger partial charge in [-0.15, -0.1) is 0 Å². The fourth-order valence-corrected chi connectivity index (χ4v) is 0.905. The standard InChI is InChI=1S/C5H5BrF2N2/c1-10-2-3(6)9-5(10)4(7)8/h2,4H,1H3/i1D3. The van der Waals surface area contributed by atoms with Crippen LogP contribution in [0.15, 0.2) is 10.8 Å². The molecule has 0 saturated heterocycles. The minimum absolute atomic E-state index is 0.0823. The summed E-state index contributed by atoms with van der Waals surface area (Å²) in [6.07, 6.45) is -1.89. The van der Waals surface area contributed by atoms with Crippen molar-refractivity contribution in [1.82, 2.24) is 9.55 Å². The SMILES string of the molecule is [2H]C([2H])([2H])n1cc(Br)nc1C(F)F. The van der Waals surface area contributed by atoms with Gasteiger partial charge in [-0.3, -0.25) is 0 Å². The van der Waals surface area contributed by atoms with Gasteiger partial charge in [-0.1, -0.05) is 0 Å². The number of hydrogen-bond acceptors (Lipinski definition) is 1. The van der Waals surface area contributed by atoms with E-state index in [0.717, 1.165) is 6.20 Å². The van der Waals surface area contributed by atoms with Crippen LogP contribution < -0.4 is 0 Å². The summed E-state index contributed by atoms with van der Waals surface area (Å²) < 4.78 is 45.8. The van der Waals surface area contributed by atoms with E-state index in [1.165, 1.54) is 0 Å². The Morgan fingerprint density at radius 1 is 1.90 bits per heavy atom. The molecule has 0 N–H and O–H groups in total. The van der Waals surface area contributed by atoms with Crippen molar-refractivity contribution in [2.24, 2.45) is 6.98 Å². The van der Waals surface area contributed by atoms with Crippen molar-refractivity contribution in [3.63, 3.8) is 0 Å². The number of nitrogens with zero attached hydrogens (tertiary/aromatic N) is 2. The van der Waals surface area contributed by atoms with Gasteiger partial charge < -0.3 is 4.57 Å². The maximum atomic E-state index is 12.2. The van der Waals surface area contributed by atoms with E-state index in [1.807, 2.05) is 0 Å². The third-order valence-electron chi connectivity index (χ3n) is 0.899. The smallest absolute Gasteiger partial charge is 0.295 e. The molecule has 10 heavy (non-hydrogen) atoms. The summed E-state index contributed by atoms with van der Waals surface area (Å²) in [6.45, 7) is -2.62. The van der Waals surface area contributed by atoms with Gasteiger partial charge in [0.1, 0.15) is 4.60 Å². The molecule has 0 radical (unpaired) electrons. The lowest BCUT2D eigenvalue weighted by atomic mass is 10.6. The first-order valence-corrected chi connectivity index (χ1v) is 3.15. The predicted octanol–water partition coefficient (Wildman–Crippen LogP) is 2.12. The summed E-state index contributed by atoms with van der Waals surface area (Å²) in [6, 6.07) is 0. The van der Waals surface area contributed by atoms with Crippen molar-refractivity contribution in [3.05, 3.63) is 16.6 Å². The summed E-state index contributed by atoms with van der Waals surface area (Å²) in [4.78, 5) is 3.35. The Kier molecular flexibility index (Phi) is 1.18. The third kappa shape index (κ3) is 1.34. The summed E-state index contributed by atoms with van der Waals surface area (Å²) >= 11 is 2.83. The minimum atomic E-state index is -2.90. The molecule has 0 aliphatic carbocycles. The van der Waals surface area contributed by atoms with Crippen LogP contribution in [-0.2, 0) is 6.98 Å². The second-order valence-electron chi connectivity index (χ2n) is 1.59. The molecule has 0 unspecified atom stereocenters. The number of aryl methyl sites for hydroxylation is 1. The zero-order chi connectivity index (χ0) is 10.2. The fraction of sp³-hybridized carbons (Fsp3) is 0.400. The number of aromatic nitrogens is 2. The van der Waals surface area contributed by atoms with Crippen LogP contribution in [0.5, 0.6) is 0 Å². The van der Waals surface area contributed by atoms with Gasteiger partial charge in [-0.05, 0) is 15.9 Å². The van der Waals surface area contributed by atoms with E-state index in [-0.39, 0.29) is 4.60 Å². The Morgan fingerprint density at radius 3 is 3.00 bits per heavy atom. The van der Waals surface area contributed by atoms with Crippen molar-refractivity contribution in [2.75, 3.05) is 0 Å². The van der Waals surface area contributed by atoms with Gasteiger partial charge in [0, 0.05) is 17.3 Å². The molecule has 1 heterocycles. The maximum Gasteiger partial charge on any atom is 0.295 e. The average Bonchev–Trinajstić information content (AvgIpc) is 2.29. The van der Waals surface area contributed by atoms with Gasteiger partial charge in [0.15, 0.2) is 5.82 Å². The third-order valence-corrected chi connectivity index (χ3v) is 1.28. The highest BCUT2D eigenvalue weighted by Gasteiger charge is 2.13. The summed E-state index contributed by atoms with van der Waals surface area (Å²) in [5.74, 6) is -0.758. The summed E-state index contributed by atoms with van der Waals surface area (Å²) in [5.41, 5.74) is 0. The van der Waals surface area contributed by atoms with Crippen molar-refractivity contribution in [3.8, 4) is 0 Å². The molecular weight excluding hydrogens is 206 g/mol. The molecule has 0 atom stereocenters. The lowest BCUT2D eigenvalue weighted by Gasteiger charge is -1.96. The van der Waals surface area contributed by atoms with E-state index in [0.29, 0.717) is 4.57 Å². The van der Waals surface area contributed by atoms with E-state index in [4.69, 9.17) is 4.11 Å². The van der Waals surface area contributed by atoms with Gasteiger partial charge in [0.25, 0.3) is 6.43 Å². The molecule has 0 fully saturated rings. The first kappa shape index (κ1) is 4.43. The number of imidazole rings is 1. The van der Waals surface area contributed by atoms with Crippen LogP contribution in [0.3, 0.4) is 0 Å². The van der Waals surface area contributed by atoms with Gasteiger partial charge in [0.05, 0.1) is 0 Å². The summed E-state index contributed by atoms with van der Waals surface area (Å²) in [5, 5.41) is 0. The second-order valence-corrected chi connectivity index (χ2v) is 2.41. The van der Waals surface area contributed by atoms with Crippen molar-refractivity contribution < 1.29 is 12.9 Å². The maximum absolute atomic E-state index is 12.2. The second kappa shape index (κ2) is 2.65. The first-order chi connectivity index (χ1) is 5.82. The molecule has 56 valence electrons. The van der Waals surface area contributed by atoms with Crippen LogP contribution in [0.2, 0.25) is 0 Å². The molecule has 2 nitrogen and oxygen atoms in total. The average molecular weight is 214 g/mol. The largest absolute Gasteiger partial charge is 0.332 e. The molecule has 5 heteroatoms. The van der Waals surface area contributed by atoms with Crippen molar-refractivity contribution in [1.29, 1.82) is 0 Å². The van der Waals surface area contributed by atoms with Crippen LogP contribution in [0.25, 0.3) is 0 Å². The molecule has 1 aromatic heterocycles. The Bertz CT molecular complexity index is 309. The predicted molar refractivity (Wildman–Crippen MR) is 35.9 cm³/mol. The molecule has 1 aromatic rings. The number of halogens is 3. The zero-order valence-corrected chi connectivity index (χ0v) is 6.27. The Hall–Kier alpha value is -0.450. The lowest BCUT2D eigenvalue weighted by Crippen LogP contribution is -1.96. The normalized spacial score (nSPS) is 16.6. The Balaban J connectivity index is 3.20. The van der Waals surface area contributed by atoms with Crippen LogP contribution in [0, 0.1) is 0 Å². The van der Waals surface area contributed by atoms with Crippen LogP contribution in [0.4, 0.5) is 8.78 Å². The molecular formula is C5H5BrF2N2. The van der Waals surface area contributed by atoms with E-state index >= 15 is 0 Å². The van der Waals surface area contributed by atoms with Gasteiger partial charge in [-0.25, -0.2) is 13.8 Å². The molecule has 0 aliphatic heterocycles. The van der Waals surface area contributed by atoms with Gasteiger partial charge in [0.2, 0.25) is 0 Å². The highest BCUT2D eigenvalue weighted by atomic mass is 79.9.